The van der Waals surface area contributed by atoms with Crippen molar-refractivity contribution in [1.29, 1.82) is 0 Å². The van der Waals surface area contributed by atoms with Crippen LogP contribution in [0, 0.1) is 16.0 Å². The average molecular weight is 291 g/mol. The topological polar surface area (TPSA) is 129 Å². The van der Waals surface area contributed by atoms with Crippen LogP contribution in [0.25, 0.3) is 11.0 Å². The predicted octanol–water partition coefficient (Wildman–Crippen LogP) is 0.657. The summed E-state index contributed by atoms with van der Waals surface area (Å²) in [6, 6.07) is 2.95. The van der Waals surface area contributed by atoms with E-state index >= 15 is 0 Å². The molecule has 2 aliphatic rings. The maximum absolute atomic E-state index is 11.0. The molecule has 1 saturated heterocycles. The number of nitro groups is 1. The fraction of sp³-hybridized carbons (Fsp3) is 0.500. The highest BCUT2D eigenvalue weighted by molar-refractivity contribution is 5.93. The molecule has 110 valence electrons. The minimum atomic E-state index is -0.512. The average Bonchev–Trinajstić information content (AvgIpc) is 3.11. The molecule has 2 heterocycles. The van der Waals surface area contributed by atoms with Gasteiger partial charge in [-0.15, -0.1) is 0 Å². The van der Waals surface area contributed by atoms with Gasteiger partial charge in [0.2, 0.25) is 5.52 Å². The summed E-state index contributed by atoms with van der Waals surface area (Å²) < 4.78 is 10.3. The van der Waals surface area contributed by atoms with E-state index in [1.807, 2.05) is 0 Å². The first-order chi connectivity index (χ1) is 10.2. The lowest BCUT2D eigenvalue weighted by molar-refractivity contribution is -0.383. The number of nitro benzene ring substituents is 1. The zero-order chi connectivity index (χ0) is 14.6. The lowest BCUT2D eigenvalue weighted by Gasteiger charge is -2.46. The first-order valence-electron chi connectivity index (χ1n) is 6.70. The van der Waals surface area contributed by atoms with Crippen LogP contribution in [-0.4, -0.2) is 40.0 Å². The van der Waals surface area contributed by atoms with Crippen LogP contribution >= 0.6 is 0 Å². The molecule has 0 amide bonds. The van der Waals surface area contributed by atoms with Gasteiger partial charge in [-0.05, 0) is 22.8 Å². The number of rotatable bonds is 3. The van der Waals surface area contributed by atoms with E-state index in [4.69, 9.17) is 10.5 Å². The molecular formula is C12H13N5O4. The number of anilines is 1. The summed E-state index contributed by atoms with van der Waals surface area (Å²) in [4.78, 5) is 10.4. The zero-order valence-corrected chi connectivity index (χ0v) is 10.9. The number of nitrogens with two attached hydrogens (primary N) is 1. The molecular weight excluding hydrogens is 278 g/mol. The maximum atomic E-state index is 11.0. The summed E-state index contributed by atoms with van der Waals surface area (Å²) in [6.07, 6.45) is 1.07. The van der Waals surface area contributed by atoms with Gasteiger partial charge in [-0.25, -0.2) is 4.63 Å². The Bertz CT molecular complexity index is 717. The molecule has 1 aliphatic carbocycles. The maximum Gasteiger partial charge on any atom is 0.300 e. The Balaban J connectivity index is 1.67. The Morgan fingerprint density at radius 1 is 1.38 bits per heavy atom. The van der Waals surface area contributed by atoms with Crippen molar-refractivity contribution in [3.63, 3.8) is 0 Å². The molecule has 1 aromatic carbocycles. The van der Waals surface area contributed by atoms with Crippen molar-refractivity contribution in [3.05, 3.63) is 22.2 Å². The second-order valence-corrected chi connectivity index (χ2v) is 5.39. The molecule has 9 heteroatoms. The molecule has 2 aromatic rings. The summed E-state index contributed by atoms with van der Waals surface area (Å²) in [5, 5.41) is 21.6. The van der Waals surface area contributed by atoms with Crippen molar-refractivity contribution in [1.82, 2.24) is 10.3 Å². The molecule has 1 saturated carbocycles. The zero-order valence-electron chi connectivity index (χ0n) is 10.9. The number of hydrogen-bond acceptors (Lipinski definition) is 8. The number of fused-ring (bicyclic) bond motifs is 2. The Labute approximate surface area is 118 Å². The minimum Gasteiger partial charge on any atom is -0.376 e. The molecule has 0 spiro atoms. The van der Waals surface area contributed by atoms with Crippen LogP contribution in [0.15, 0.2) is 16.8 Å². The fourth-order valence-electron chi connectivity index (χ4n) is 3.22. The van der Waals surface area contributed by atoms with Crippen LogP contribution in [0.4, 0.5) is 11.4 Å². The molecule has 4 unspecified atom stereocenters. The van der Waals surface area contributed by atoms with Gasteiger partial charge in [0.15, 0.2) is 5.52 Å². The highest BCUT2D eigenvalue weighted by Gasteiger charge is 2.52. The normalized spacial score (nSPS) is 30.9. The molecule has 1 aliphatic heterocycles. The molecule has 1 aromatic heterocycles. The van der Waals surface area contributed by atoms with E-state index in [0.717, 1.165) is 13.0 Å². The second-order valence-electron chi connectivity index (χ2n) is 5.39. The molecule has 21 heavy (non-hydrogen) atoms. The van der Waals surface area contributed by atoms with E-state index in [2.05, 4.69) is 20.3 Å². The Kier molecular flexibility index (Phi) is 2.59. The van der Waals surface area contributed by atoms with Crippen LogP contribution in [0.3, 0.4) is 0 Å². The SMILES string of the molecule is NC1C2CCOC2C1Nc1ccc([N+](=O)[O-])c2nonc12. The van der Waals surface area contributed by atoms with Gasteiger partial charge in [-0.1, -0.05) is 0 Å². The van der Waals surface area contributed by atoms with E-state index in [9.17, 15) is 10.1 Å². The van der Waals surface area contributed by atoms with E-state index in [1.54, 1.807) is 6.07 Å². The van der Waals surface area contributed by atoms with Crippen molar-refractivity contribution >= 4 is 22.4 Å². The van der Waals surface area contributed by atoms with Gasteiger partial charge in [0.05, 0.1) is 22.8 Å². The number of non-ortho nitro benzene ring substituents is 1. The standard InChI is InChI=1S/C12H13N5O4/c13-8-5-3-4-20-12(5)11(8)14-6-1-2-7(17(18)19)10-9(6)15-21-16-10/h1-2,5,8,11-12,14H,3-4,13H2. The number of nitrogens with zero attached hydrogens (tertiary/aromatic N) is 3. The predicted molar refractivity (Wildman–Crippen MR) is 71.7 cm³/mol. The van der Waals surface area contributed by atoms with Crippen molar-refractivity contribution < 1.29 is 14.3 Å². The third-order valence-corrected chi connectivity index (χ3v) is 4.36. The quantitative estimate of drug-likeness (QED) is 0.623. The van der Waals surface area contributed by atoms with Crippen LogP contribution in [-0.2, 0) is 4.74 Å². The van der Waals surface area contributed by atoms with Crippen LogP contribution in [0.1, 0.15) is 6.42 Å². The summed E-state index contributed by atoms with van der Waals surface area (Å²) in [6.45, 7) is 0.725. The second kappa shape index (κ2) is 4.37. The summed E-state index contributed by atoms with van der Waals surface area (Å²) in [5.74, 6) is 0.381. The monoisotopic (exact) mass is 291 g/mol. The minimum absolute atomic E-state index is 0.00241. The van der Waals surface area contributed by atoms with E-state index in [1.165, 1.54) is 6.07 Å². The van der Waals surface area contributed by atoms with Crippen molar-refractivity contribution in [2.45, 2.75) is 24.6 Å². The Hall–Kier alpha value is -2.26. The van der Waals surface area contributed by atoms with Gasteiger partial charge in [-0.2, -0.15) is 0 Å². The molecule has 9 nitrogen and oxygen atoms in total. The van der Waals surface area contributed by atoms with E-state index in [0.29, 0.717) is 17.1 Å². The first-order valence-corrected chi connectivity index (χ1v) is 6.70. The summed E-state index contributed by atoms with van der Waals surface area (Å²) in [7, 11) is 0. The third kappa shape index (κ3) is 1.71. The highest BCUT2D eigenvalue weighted by atomic mass is 16.6. The molecule has 4 atom stereocenters. The smallest absolute Gasteiger partial charge is 0.300 e. The number of ether oxygens (including phenoxy) is 1. The molecule has 2 fully saturated rings. The molecule has 3 N–H and O–H groups in total. The van der Waals surface area contributed by atoms with Gasteiger partial charge in [0.25, 0.3) is 0 Å². The number of hydrogen-bond donors (Lipinski definition) is 2. The largest absolute Gasteiger partial charge is 0.376 e. The van der Waals surface area contributed by atoms with Gasteiger partial charge < -0.3 is 15.8 Å². The van der Waals surface area contributed by atoms with Crippen LogP contribution in [0.2, 0.25) is 0 Å². The Morgan fingerprint density at radius 3 is 3.00 bits per heavy atom. The third-order valence-electron chi connectivity index (χ3n) is 4.36. The summed E-state index contributed by atoms with van der Waals surface area (Å²) in [5.41, 5.74) is 7.08. The number of aromatic nitrogens is 2. The van der Waals surface area contributed by atoms with Gasteiger partial charge >= 0.3 is 5.69 Å². The van der Waals surface area contributed by atoms with E-state index < -0.39 is 4.92 Å². The Morgan fingerprint density at radius 2 is 2.19 bits per heavy atom. The first kappa shape index (κ1) is 12.5. The van der Waals surface area contributed by atoms with Gasteiger partial charge in [-0.3, -0.25) is 10.1 Å². The van der Waals surface area contributed by atoms with Crippen molar-refractivity contribution in [3.8, 4) is 0 Å². The lowest BCUT2D eigenvalue weighted by Crippen LogP contribution is -2.65. The number of nitrogens with one attached hydrogen (secondary N) is 1. The molecule has 0 bridgehead atoms. The van der Waals surface area contributed by atoms with Crippen LogP contribution in [0.5, 0.6) is 0 Å². The molecule has 4 rings (SSSR count). The molecule has 0 radical (unpaired) electrons. The lowest BCUT2D eigenvalue weighted by atomic mass is 9.72. The number of benzene rings is 1. The van der Waals surface area contributed by atoms with Crippen molar-refractivity contribution in [2.75, 3.05) is 11.9 Å². The highest BCUT2D eigenvalue weighted by Crippen LogP contribution is 2.40. The fourth-order valence-corrected chi connectivity index (χ4v) is 3.22. The van der Waals surface area contributed by atoms with Crippen molar-refractivity contribution in [2.24, 2.45) is 11.7 Å². The van der Waals surface area contributed by atoms with E-state index in [-0.39, 0.29) is 29.4 Å². The van der Waals surface area contributed by atoms with Gasteiger partial charge in [0.1, 0.15) is 0 Å². The van der Waals surface area contributed by atoms with Crippen LogP contribution < -0.4 is 11.1 Å². The van der Waals surface area contributed by atoms with Gasteiger partial charge in [0, 0.05) is 24.6 Å². The summed E-state index contributed by atoms with van der Waals surface area (Å²) >= 11 is 0.